The molecule has 2 saturated heterocycles. The van der Waals surface area contributed by atoms with E-state index in [1.165, 1.54) is 5.56 Å². The highest BCUT2D eigenvalue weighted by Gasteiger charge is 2.37. The number of aryl methyl sites for hydroxylation is 1. The van der Waals surface area contributed by atoms with Crippen LogP contribution in [0.15, 0.2) is 24.3 Å². The first-order chi connectivity index (χ1) is 14.9. The van der Waals surface area contributed by atoms with Crippen LogP contribution in [0.1, 0.15) is 38.2 Å². The number of amides is 3. The second-order valence-corrected chi connectivity index (χ2v) is 8.92. The van der Waals surface area contributed by atoms with Crippen LogP contribution in [0, 0.1) is 5.92 Å². The van der Waals surface area contributed by atoms with E-state index in [1.54, 1.807) is 23.9 Å². The van der Waals surface area contributed by atoms with Crippen LogP contribution >= 0.6 is 0 Å². The third kappa shape index (κ3) is 6.06. The second-order valence-electron chi connectivity index (χ2n) is 8.92. The van der Waals surface area contributed by atoms with Crippen molar-refractivity contribution in [2.45, 2.75) is 39.0 Å². The molecule has 0 aliphatic carbocycles. The van der Waals surface area contributed by atoms with Crippen LogP contribution in [0.5, 0.6) is 0 Å². The van der Waals surface area contributed by atoms with Crippen molar-refractivity contribution in [3.63, 3.8) is 0 Å². The van der Waals surface area contributed by atoms with Crippen molar-refractivity contribution >= 4 is 23.4 Å². The maximum absolute atomic E-state index is 13.1. The van der Waals surface area contributed by atoms with Crippen LogP contribution < -0.4 is 4.90 Å². The minimum atomic E-state index is -0.290. The molecule has 0 aromatic heterocycles. The topological polar surface area (TPSA) is 64.2 Å². The van der Waals surface area contributed by atoms with Gasteiger partial charge in [-0.15, -0.1) is 0 Å². The van der Waals surface area contributed by atoms with Crippen molar-refractivity contribution in [1.82, 2.24) is 14.7 Å². The number of benzene rings is 1. The fraction of sp³-hybridized carbons (Fsp3) is 0.625. The summed E-state index contributed by atoms with van der Waals surface area (Å²) in [5.41, 5.74) is 2.16. The molecule has 0 radical (unpaired) electrons. The molecule has 170 valence electrons. The molecule has 7 nitrogen and oxygen atoms in total. The first-order valence-electron chi connectivity index (χ1n) is 11.5. The highest BCUT2D eigenvalue weighted by molar-refractivity contribution is 6.00. The predicted octanol–water partition coefficient (Wildman–Crippen LogP) is 2.00. The number of hydrogen-bond donors (Lipinski definition) is 0. The largest absolute Gasteiger partial charge is 0.348 e. The fourth-order valence-electron chi connectivity index (χ4n) is 4.29. The van der Waals surface area contributed by atoms with Crippen LogP contribution in [0.2, 0.25) is 0 Å². The molecule has 3 rings (SSSR count). The van der Waals surface area contributed by atoms with Gasteiger partial charge in [-0.25, -0.2) is 0 Å². The Morgan fingerprint density at radius 3 is 2.48 bits per heavy atom. The van der Waals surface area contributed by atoms with Gasteiger partial charge in [-0.05, 0) is 37.0 Å². The van der Waals surface area contributed by atoms with Gasteiger partial charge in [-0.1, -0.05) is 25.5 Å². The average Bonchev–Trinajstić information content (AvgIpc) is 2.99. The Balaban J connectivity index is 1.55. The summed E-state index contributed by atoms with van der Waals surface area (Å²) >= 11 is 0. The molecule has 0 spiro atoms. The molecule has 1 aromatic rings. The number of carbonyl (C=O) groups excluding carboxylic acids is 3. The molecular formula is C24H36N4O3. The molecule has 1 aromatic carbocycles. The third-order valence-corrected chi connectivity index (χ3v) is 6.30. The molecule has 31 heavy (non-hydrogen) atoms. The quantitative estimate of drug-likeness (QED) is 0.666. The van der Waals surface area contributed by atoms with E-state index in [0.717, 1.165) is 37.9 Å². The minimum Gasteiger partial charge on any atom is -0.348 e. The lowest BCUT2D eigenvalue weighted by molar-refractivity contribution is -0.135. The van der Waals surface area contributed by atoms with E-state index in [-0.39, 0.29) is 30.1 Å². The lowest BCUT2D eigenvalue weighted by Crippen LogP contribution is -2.41. The smallest absolute Gasteiger partial charge is 0.236 e. The van der Waals surface area contributed by atoms with Gasteiger partial charge in [0, 0.05) is 58.9 Å². The Morgan fingerprint density at radius 2 is 1.81 bits per heavy atom. The van der Waals surface area contributed by atoms with E-state index in [2.05, 4.69) is 24.0 Å². The normalized spacial score (nSPS) is 20.1. The summed E-state index contributed by atoms with van der Waals surface area (Å²) in [6.07, 6.45) is 4.50. The van der Waals surface area contributed by atoms with E-state index in [4.69, 9.17) is 0 Å². The highest BCUT2D eigenvalue weighted by Crippen LogP contribution is 2.27. The monoisotopic (exact) mass is 428 g/mol. The van der Waals surface area contributed by atoms with Crippen LogP contribution in [0.25, 0.3) is 0 Å². The van der Waals surface area contributed by atoms with Crippen LogP contribution in [0.3, 0.4) is 0 Å². The summed E-state index contributed by atoms with van der Waals surface area (Å²) in [7, 11) is 3.52. The molecule has 2 aliphatic heterocycles. The van der Waals surface area contributed by atoms with Crippen molar-refractivity contribution in [1.29, 1.82) is 0 Å². The molecule has 0 saturated carbocycles. The highest BCUT2D eigenvalue weighted by atomic mass is 16.2. The molecular weight excluding hydrogens is 392 g/mol. The molecule has 2 aliphatic rings. The molecule has 1 unspecified atom stereocenters. The van der Waals surface area contributed by atoms with Crippen LogP contribution in [-0.2, 0) is 20.8 Å². The van der Waals surface area contributed by atoms with Crippen molar-refractivity contribution in [2.75, 3.05) is 58.3 Å². The number of hydrogen-bond acceptors (Lipinski definition) is 4. The van der Waals surface area contributed by atoms with Crippen LogP contribution in [-0.4, -0.2) is 85.8 Å². The van der Waals surface area contributed by atoms with Gasteiger partial charge >= 0.3 is 0 Å². The SMILES string of the molecule is CCCCc1ccc(N2CC(C(=O)N3CCCN(CC(=O)N(C)C)CC3)CC2=O)cc1. The van der Waals surface area contributed by atoms with Crippen molar-refractivity contribution in [3.8, 4) is 0 Å². The molecule has 3 amide bonds. The Morgan fingerprint density at radius 1 is 1.06 bits per heavy atom. The maximum Gasteiger partial charge on any atom is 0.236 e. The van der Waals surface area contributed by atoms with Crippen molar-refractivity contribution in [2.24, 2.45) is 5.92 Å². The molecule has 2 heterocycles. The third-order valence-electron chi connectivity index (χ3n) is 6.30. The number of carbonyl (C=O) groups is 3. The molecule has 1 atom stereocenters. The molecule has 2 fully saturated rings. The van der Waals surface area contributed by atoms with E-state index in [9.17, 15) is 14.4 Å². The van der Waals surface area contributed by atoms with Gasteiger partial charge in [0.15, 0.2) is 0 Å². The summed E-state index contributed by atoms with van der Waals surface area (Å²) < 4.78 is 0. The van der Waals surface area contributed by atoms with Gasteiger partial charge in [0.25, 0.3) is 0 Å². The Hall–Kier alpha value is -2.41. The van der Waals surface area contributed by atoms with E-state index >= 15 is 0 Å². The number of nitrogens with zero attached hydrogens (tertiary/aromatic N) is 4. The number of likely N-dealkylation sites (N-methyl/N-ethyl adjacent to an activating group) is 1. The van der Waals surface area contributed by atoms with Gasteiger partial charge in [-0.2, -0.15) is 0 Å². The van der Waals surface area contributed by atoms with Gasteiger partial charge in [-0.3, -0.25) is 19.3 Å². The summed E-state index contributed by atoms with van der Waals surface area (Å²) in [4.78, 5) is 45.1. The lowest BCUT2D eigenvalue weighted by Gasteiger charge is -2.25. The first-order valence-corrected chi connectivity index (χ1v) is 11.5. The zero-order valence-corrected chi connectivity index (χ0v) is 19.2. The predicted molar refractivity (Wildman–Crippen MR) is 122 cm³/mol. The Labute approximate surface area is 186 Å². The standard InChI is InChI=1S/C24H36N4O3/c1-4-5-7-19-8-10-21(11-9-19)28-17-20(16-22(28)29)24(31)27-13-6-12-26(14-15-27)18-23(30)25(2)3/h8-11,20H,4-7,12-18H2,1-3H3. The average molecular weight is 429 g/mol. The summed E-state index contributed by atoms with van der Waals surface area (Å²) in [5, 5.41) is 0. The van der Waals surface area contributed by atoms with Gasteiger partial charge in [0.1, 0.15) is 0 Å². The van der Waals surface area contributed by atoms with E-state index in [1.807, 2.05) is 17.0 Å². The second kappa shape index (κ2) is 10.8. The van der Waals surface area contributed by atoms with Gasteiger partial charge < -0.3 is 14.7 Å². The fourth-order valence-corrected chi connectivity index (χ4v) is 4.29. The van der Waals surface area contributed by atoms with E-state index < -0.39 is 0 Å². The first kappa shape index (κ1) is 23.3. The summed E-state index contributed by atoms with van der Waals surface area (Å²) in [6.45, 7) is 5.81. The minimum absolute atomic E-state index is 0.0210. The molecule has 0 N–H and O–H groups in total. The maximum atomic E-state index is 13.1. The number of anilines is 1. The van der Waals surface area contributed by atoms with Gasteiger partial charge in [0.2, 0.25) is 17.7 Å². The lowest BCUT2D eigenvalue weighted by atomic mass is 10.1. The van der Waals surface area contributed by atoms with Crippen molar-refractivity contribution in [3.05, 3.63) is 29.8 Å². The molecule has 7 heteroatoms. The summed E-state index contributed by atoms with van der Waals surface area (Å²) in [5.74, 6) is -0.122. The molecule has 0 bridgehead atoms. The Kier molecular flexibility index (Phi) is 8.07. The zero-order chi connectivity index (χ0) is 22.4. The number of rotatable bonds is 7. The van der Waals surface area contributed by atoms with Crippen LogP contribution in [0.4, 0.5) is 5.69 Å². The number of unbranched alkanes of at least 4 members (excludes halogenated alkanes) is 1. The van der Waals surface area contributed by atoms with Gasteiger partial charge in [0.05, 0.1) is 12.5 Å². The van der Waals surface area contributed by atoms with Crippen molar-refractivity contribution < 1.29 is 14.4 Å². The zero-order valence-electron chi connectivity index (χ0n) is 19.2. The summed E-state index contributed by atoms with van der Waals surface area (Å²) in [6, 6.07) is 8.18. The Bertz CT molecular complexity index is 778. The van der Waals surface area contributed by atoms with E-state index in [0.29, 0.717) is 32.7 Å².